The topological polar surface area (TPSA) is 83.8 Å². The van der Waals surface area contributed by atoms with E-state index in [9.17, 15) is 9.18 Å². The molecule has 0 bridgehead atoms. The maximum atomic E-state index is 13.1. The molecule has 0 aliphatic heterocycles. The Hall–Kier alpha value is -3.13. The molecule has 8 heteroatoms. The molecule has 0 aliphatic rings. The van der Waals surface area contributed by atoms with Crippen LogP contribution in [0.3, 0.4) is 0 Å². The van der Waals surface area contributed by atoms with Crippen molar-refractivity contribution in [1.29, 1.82) is 0 Å². The van der Waals surface area contributed by atoms with Gasteiger partial charge in [0.1, 0.15) is 5.82 Å². The SMILES string of the molecule is CC(Sc1nnc(-c2c[nH]c3ccccc23)o1)C(=O)NC(C)c1ccc(F)cc1. The molecule has 0 aliphatic carbocycles. The van der Waals surface area contributed by atoms with Crippen LogP contribution < -0.4 is 5.32 Å². The summed E-state index contributed by atoms with van der Waals surface area (Å²) in [5.41, 5.74) is 2.63. The molecule has 2 aromatic heterocycles. The van der Waals surface area contributed by atoms with Gasteiger partial charge >= 0.3 is 0 Å². The molecule has 2 heterocycles. The Morgan fingerprint density at radius 2 is 1.90 bits per heavy atom. The number of amides is 1. The maximum absolute atomic E-state index is 13.1. The number of aromatic nitrogens is 3. The molecule has 0 saturated heterocycles. The van der Waals surface area contributed by atoms with Gasteiger partial charge in [-0.3, -0.25) is 4.79 Å². The van der Waals surface area contributed by atoms with Gasteiger partial charge in [-0.15, -0.1) is 10.2 Å². The normalized spacial score (nSPS) is 13.3. The van der Waals surface area contributed by atoms with E-state index in [1.807, 2.05) is 37.4 Å². The van der Waals surface area contributed by atoms with Gasteiger partial charge < -0.3 is 14.7 Å². The highest BCUT2D eigenvalue weighted by molar-refractivity contribution is 8.00. The van der Waals surface area contributed by atoms with Crippen molar-refractivity contribution in [3.8, 4) is 11.5 Å². The predicted octanol–water partition coefficient (Wildman–Crippen LogP) is 4.72. The summed E-state index contributed by atoms with van der Waals surface area (Å²) in [6.07, 6.45) is 1.83. The Bertz CT molecular complexity index is 1140. The minimum absolute atomic E-state index is 0.168. The zero-order valence-electron chi connectivity index (χ0n) is 15.8. The van der Waals surface area contributed by atoms with Gasteiger partial charge in [0, 0.05) is 17.1 Å². The van der Waals surface area contributed by atoms with Gasteiger partial charge in [0.15, 0.2) is 0 Å². The molecule has 2 unspecified atom stereocenters. The molecule has 0 radical (unpaired) electrons. The van der Waals surface area contributed by atoms with Crippen LogP contribution in [0.15, 0.2) is 64.4 Å². The molecule has 4 aromatic rings. The Labute approximate surface area is 170 Å². The Morgan fingerprint density at radius 3 is 2.69 bits per heavy atom. The van der Waals surface area contributed by atoms with Crippen molar-refractivity contribution in [2.75, 3.05) is 0 Å². The lowest BCUT2D eigenvalue weighted by atomic mass is 10.1. The van der Waals surface area contributed by atoms with Gasteiger partial charge in [-0.2, -0.15) is 0 Å². The van der Waals surface area contributed by atoms with Crippen LogP contribution in [-0.2, 0) is 4.79 Å². The van der Waals surface area contributed by atoms with E-state index < -0.39 is 5.25 Å². The van der Waals surface area contributed by atoms with E-state index in [-0.39, 0.29) is 17.8 Å². The fraction of sp³-hybridized carbons (Fsp3) is 0.190. The number of H-pyrrole nitrogens is 1. The number of hydrogen-bond acceptors (Lipinski definition) is 5. The molecule has 0 spiro atoms. The fourth-order valence-electron chi connectivity index (χ4n) is 2.98. The highest BCUT2D eigenvalue weighted by atomic mass is 32.2. The van der Waals surface area contributed by atoms with Crippen LogP contribution in [0.1, 0.15) is 25.5 Å². The van der Waals surface area contributed by atoms with Crippen molar-refractivity contribution < 1.29 is 13.6 Å². The highest BCUT2D eigenvalue weighted by Crippen LogP contribution is 2.30. The number of fused-ring (bicyclic) bond motifs is 1. The van der Waals surface area contributed by atoms with Crippen LogP contribution in [0.5, 0.6) is 0 Å². The lowest BCUT2D eigenvalue weighted by Gasteiger charge is -2.16. The molecular weight excluding hydrogens is 391 g/mol. The standard InChI is InChI=1S/C21H19FN4O2S/c1-12(14-7-9-15(22)10-8-14)24-19(27)13(2)29-21-26-25-20(28-21)17-11-23-18-6-4-3-5-16(17)18/h3-13,23H,1-2H3,(H,24,27). The van der Waals surface area contributed by atoms with Crippen LogP contribution >= 0.6 is 11.8 Å². The summed E-state index contributed by atoms with van der Waals surface area (Å²) in [5, 5.41) is 12.0. The van der Waals surface area contributed by atoms with E-state index in [0.717, 1.165) is 22.0 Å². The number of carbonyl (C=O) groups is 1. The van der Waals surface area contributed by atoms with Gasteiger partial charge in [-0.25, -0.2) is 4.39 Å². The third-order valence-electron chi connectivity index (χ3n) is 4.60. The summed E-state index contributed by atoms with van der Waals surface area (Å²) in [5.74, 6) is -0.0745. The number of benzene rings is 2. The maximum Gasteiger partial charge on any atom is 0.277 e. The van der Waals surface area contributed by atoms with E-state index in [2.05, 4.69) is 20.5 Å². The number of para-hydroxylation sites is 1. The Kier molecular flexibility index (Phi) is 5.35. The van der Waals surface area contributed by atoms with Crippen molar-refractivity contribution in [2.45, 2.75) is 30.4 Å². The number of nitrogens with zero attached hydrogens (tertiary/aromatic N) is 2. The van der Waals surface area contributed by atoms with Crippen LogP contribution in [0.4, 0.5) is 4.39 Å². The van der Waals surface area contributed by atoms with Crippen molar-refractivity contribution in [3.05, 3.63) is 66.1 Å². The van der Waals surface area contributed by atoms with Gasteiger partial charge in [0.05, 0.1) is 16.9 Å². The van der Waals surface area contributed by atoms with Crippen LogP contribution in [-0.4, -0.2) is 26.3 Å². The summed E-state index contributed by atoms with van der Waals surface area (Å²) in [7, 11) is 0. The lowest BCUT2D eigenvalue weighted by molar-refractivity contribution is -0.120. The molecular formula is C21H19FN4O2S. The number of halogens is 1. The minimum Gasteiger partial charge on any atom is -0.411 e. The molecule has 2 atom stereocenters. The van der Waals surface area contributed by atoms with Gasteiger partial charge in [-0.05, 0) is 37.6 Å². The van der Waals surface area contributed by atoms with E-state index in [1.54, 1.807) is 19.1 Å². The average Bonchev–Trinajstić information content (AvgIpc) is 3.35. The smallest absolute Gasteiger partial charge is 0.277 e. The second kappa shape index (κ2) is 8.08. The summed E-state index contributed by atoms with van der Waals surface area (Å²) in [6, 6.07) is 13.7. The molecule has 148 valence electrons. The zero-order chi connectivity index (χ0) is 20.4. The molecule has 0 saturated carbocycles. The molecule has 2 aromatic carbocycles. The first-order valence-corrected chi connectivity index (χ1v) is 10.0. The third kappa shape index (κ3) is 4.17. The van der Waals surface area contributed by atoms with Crippen molar-refractivity contribution in [3.63, 3.8) is 0 Å². The van der Waals surface area contributed by atoms with Crippen molar-refractivity contribution in [2.24, 2.45) is 0 Å². The Morgan fingerprint density at radius 1 is 1.14 bits per heavy atom. The predicted molar refractivity (Wildman–Crippen MR) is 110 cm³/mol. The Balaban J connectivity index is 1.41. The zero-order valence-corrected chi connectivity index (χ0v) is 16.7. The largest absolute Gasteiger partial charge is 0.411 e. The second-order valence-electron chi connectivity index (χ2n) is 6.66. The number of carbonyl (C=O) groups excluding carboxylic acids is 1. The molecule has 6 nitrogen and oxygen atoms in total. The van der Waals surface area contributed by atoms with Crippen molar-refractivity contribution in [1.82, 2.24) is 20.5 Å². The first-order chi connectivity index (χ1) is 14.0. The third-order valence-corrected chi connectivity index (χ3v) is 5.54. The molecule has 0 fully saturated rings. The number of thioether (sulfide) groups is 1. The molecule has 1 amide bonds. The molecule has 4 rings (SSSR count). The minimum atomic E-state index is -0.436. The number of rotatable bonds is 6. The van der Waals surface area contributed by atoms with Crippen LogP contribution in [0, 0.1) is 5.82 Å². The highest BCUT2D eigenvalue weighted by Gasteiger charge is 2.21. The van der Waals surface area contributed by atoms with E-state index >= 15 is 0 Å². The summed E-state index contributed by atoms with van der Waals surface area (Å²) in [4.78, 5) is 15.7. The van der Waals surface area contributed by atoms with Crippen molar-refractivity contribution >= 4 is 28.6 Å². The monoisotopic (exact) mass is 410 g/mol. The summed E-state index contributed by atoms with van der Waals surface area (Å²) in [6.45, 7) is 3.62. The number of aromatic amines is 1. The first kappa shape index (κ1) is 19.2. The van der Waals surface area contributed by atoms with Gasteiger partial charge in [-0.1, -0.05) is 42.1 Å². The average molecular weight is 410 g/mol. The molecule has 2 N–H and O–H groups in total. The van der Waals surface area contributed by atoms with Gasteiger partial charge in [0.25, 0.3) is 11.1 Å². The van der Waals surface area contributed by atoms with Crippen LogP contribution in [0.2, 0.25) is 0 Å². The number of nitrogens with one attached hydrogen (secondary N) is 2. The van der Waals surface area contributed by atoms with E-state index in [1.165, 1.54) is 23.9 Å². The van der Waals surface area contributed by atoms with E-state index in [4.69, 9.17) is 4.42 Å². The second-order valence-corrected chi connectivity index (χ2v) is 7.96. The quantitative estimate of drug-likeness (QED) is 0.450. The van der Waals surface area contributed by atoms with Gasteiger partial charge in [0.2, 0.25) is 5.91 Å². The van der Waals surface area contributed by atoms with E-state index in [0.29, 0.717) is 11.1 Å². The summed E-state index contributed by atoms with van der Waals surface area (Å²) >= 11 is 1.19. The molecule has 29 heavy (non-hydrogen) atoms. The lowest BCUT2D eigenvalue weighted by Crippen LogP contribution is -2.33. The summed E-state index contributed by atoms with van der Waals surface area (Å²) < 4.78 is 18.8. The first-order valence-electron chi connectivity index (χ1n) is 9.14. The number of hydrogen-bond donors (Lipinski definition) is 2. The van der Waals surface area contributed by atoms with Crippen LogP contribution in [0.25, 0.3) is 22.4 Å². The fourth-order valence-corrected chi connectivity index (χ4v) is 3.68.